The Balaban J connectivity index is 2.42. The van der Waals surface area contributed by atoms with Crippen molar-refractivity contribution in [3.8, 4) is 6.07 Å². The fourth-order valence-electron chi connectivity index (χ4n) is 1.59. The fourth-order valence-corrected chi connectivity index (χ4v) is 2.67. The number of pyridine rings is 1. The number of aromatic nitrogens is 3. The van der Waals surface area contributed by atoms with Crippen molar-refractivity contribution in [1.82, 2.24) is 14.8 Å². The molecular weight excluding hydrogens is 232 g/mol. The SMILES string of the molecule is Cc1cc(Sc2cnn(C)c2)c(C#N)c(C)n1. The van der Waals surface area contributed by atoms with E-state index in [0.717, 1.165) is 21.2 Å². The first kappa shape index (κ1) is 11.7. The molecule has 0 unspecified atom stereocenters. The predicted octanol–water partition coefficient (Wildman–Crippen LogP) is 2.45. The summed E-state index contributed by atoms with van der Waals surface area (Å²) in [6.07, 6.45) is 3.72. The molecule has 0 radical (unpaired) electrons. The van der Waals surface area contributed by atoms with E-state index in [0.29, 0.717) is 5.56 Å². The Morgan fingerprint density at radius 2 is 2.18 bits per heavy atom. The van der Waals surface area contributed by atoms with Crippen molar-refractivity contribution in [2.75, 3.05) is 0 Å². The zero-order chi connectivity index (χ0) is 12.4. The fraction of sp³-hybridized carbons (Fsp3) is 0.250. The number of rotatable bonds is 2. The molecule has 2 heterocycles. The molecule has 0 bridgehead atoms. The largest absolute Gasteiger partial charge is 0.275 e. The molecule has 5 heteroatoms. The second-order valence-corrected chi connectivity index (χ2v) is 4.90. The van der Waals surface area contributed by atoms with E-state index in [4.69, 9.17) is 5.26 Å². The zero-order valence-electron chi connectivity index (χ0n) is 9.93. The number of hydrogen-bond acceptors (Lipinski definition) is 4. The van der Waals surface area contributed by atoms with Crippen LogP contribution in [0.3, 0.4) is 0 Å². The lowest BCUT2D eigenvalue weighted by Crippen LogP contribution is -1.93. The van der Waals surface area contributed by atoms with Gasteiger partial charge in [-0.15, -0.1) is 0 Å². The average molecular weight is 244 g/mol. The standard InChI is InChI=1S/C12H12N4S/c1-8-4-12(11(5-13)9(2)15-8)17-10-6-14-16(3)7-10/h4,6-7H,1-3H3. The van der Waals surface area contributed by atoms with Gasteiger partial charge >= 0.3 is 0 Å². The third-order valence-corrected chi connectivity index (χ3v) is 3.30. The summed E-state index contributed by atoms with van der Waals surface area (Å²) in [5.74, 6) is 0. The van der Waals surface area contributed by atoms with Crippen LogP contribution in [0, 0.1) is 25.2 Å². The molecule has 0 saturated heterocycles. The summed E-state index contributed by atoms with van der Waals surface area (Å²) in [5.41, 5.74) is 2.34. The van der Waals surface area contributed by atoms with Crippen molar-refractivity contribution < 1.29 is 0 Å². The van der Waals surface area contributed by atoms with Crippen LogP contribution in [0.15, 0.2) is 28.3 Å². The summed E-state index contributed by atoms with van der Waals surface area (Å²) in [4.78, 5) is 6.25. The zero-order valence-corrected chi connectivity index (χ0v) is 10.7. The van der Waals surface area contributed by atoms with Crippen LogP contribution in [0.25, 0.3) is 0 Å². The van der Waals surface area contributed by atoms with Gasteiger partial charge in [0, 0.05) is 23.8 Å². The van der Waals surface area contributed by atoms with Crippen LogP contribution < -0.4 is 0 Å². The van der Waals surface area contributed by atoms with Gasteiger partial charge < -0.3 is 0 Å². The Hall–Kier alpha value is -1.80. The highest BCUT2D eigenvalue weighted by atomic mass is 32.2. The Morgan fingerprint density at radius 3 is 2.76 bits per heavy atom. The van der Waals surface area contributed by atoms with Crippen molar-refractivity contribution in [1.29, 1.82) is 5.26 Å². The molecule has 0 aliphatic heterocycles. The molecule has 0 N–H and O–H groups in total. The Bertz CT molecular complexity index is 595. The van der Waals surface area contributed by atoms with Crippen LogP contribution in [0.4, 0.5) is 0 Å². The van der Waals surface area contributed by atoms with Gasteiger partial charge in [0.1, 0.15) is 6.07 Å². The Morgan fingerprint density at radius 1 is 1.41 bits per heavy atom. The van der Waals surface area contributed by atoms with E-state index < -0.39 is 0 Å². The number of hydrogen-bond donors (Lipinski definition) is 0. The van der Waals surface area contributed by atoms with Crippen LogP contribution in [0.2, 0.25) is 0 Å². The van der Waals surface area contributed by atoms with E-state index in [-0.39, 0.29) is 0 Å². The van der Waals surface area contributed by atoms with Gasteiger partial charge in [-0.3, -0.25) is 9.67 Å². The van der Waals surface area contributed by atoms with E-state index in [2.05, 4.69) is 16.2 Å². The highest BCUT2D eigenvalue weighted by molar-refractivity contribution is 7.99. The Kier molecular flexibility index (Phi) is 3.16. The summed E-state index contributed by atoms with van der Waals surface area (Å²) >= 11 is 1.54. The average Bonchev–Trinajstić information content (AvgIpc) is 2.63. The maximum Gasteiger partial charge on any atom is 0.102 e. The van der Waals surface area contributed by atoms with Gasteiger partial charge in [-0.05, 0) is 19.9 Å². The lowest BCUT2D eigenvalue weighted by Gasteiger charge is -2.05. The predicted molar refractivity (Wildman–Crippen MR) is 65.8 cm³/mol. The lowest BCUT2D eigenvalue weighted by atomic mass is 10.2. The van der Waals surface area contributed by atoms with Crippen molar-refractivity contribution >= 4 is 11.8 Å². The van der Waals surface area contributed by atoms with Gasteiger partial charge in [0.15, 0.2) is 0 Å². The molecule has 0 atom stereocenters. The summed E-state index contributed by atoms with van der Waals surface area (Å²) < 4.78 is 1.75. The van der Waals surface area contributed by atoms with Crippen LogP contribution in [-0.2, 0) is 7.05 Å². The molecule has 2 rings (SSSR count). The maximum atomic E-state index is 9.15. The molecule has 0 aromatic carbocycles. The molecule has 0 fully saturated rings. The van der Waals surface area contributed by atoms with Gasteiger partial charge in [-0.25, -0.2) is 0 Å². The third kappa shape index (κ3) is 2.48. The normalized spacial score (nSPS) is 10.2. The van der Waals surface area contributed by atoms with Crippen molar-refractivity contribution in [2.45, 2.75) is 23.6 Å². The summed E-state index contributed by atoms with van der Waals surface area (Å²) in [6, 6.07) is 4.14. The van der Waals surface area contributed by atoms with Gasteiger partial charge in [0.2, 0.25) is 0 Å². The van der Waals surface area contributed by atoms with Gasteiger partial charge in [-0.2, -0.15) is 10.4 Å². The smallest absolute Gasteiger partial charge is 0.102 e. The molecule has 17 heavy (non-hydrogen) atoms. The molecule has 0 spiro atoms. The molecule has 4 nitrogen and oxygen atoms in total. The quantitative estimate of drug-likeness (QED) is 0.814. The maximum absolute atomic E-state index is 9.15. The number of aryl methyl sites for hydroxylation is 3. The number of nitriles is 1. The molecule has 0 aliphatic carbocycles. The molecular formula is C12H12N4S. The minimum absolute atomic E-state index is 0.643. The van der Waals surface area contributed by atoms with Crippen LogP contribution in [0.1, 0.15) is 17.0 Å². The second-order valence-electron chi connectivity index (χ2n) is 3.79. The van der Waals surface area contributed by atoms with Crippen molar-refractivity contribution in [2.24, 2.45) is 7.05 Å². The first-order chi connectivity index (χ1) is 8.10. The Labute approximate surface area is 104 Å². The minimum atomic E-state index is 0.643. The van der Waals surface area contributed by atoms with E-state index in [1.165, 1.54) is 0 Å². The van der Waals surface area contributed by atoms with Crippen LogP contribution in [-0.4, -0.2) is 14.8 Å². The molecule has 0 saturated carbocycles. The van der Waals surface area contributed by atoms with E-state index in [9.17, 15) is 0 Å². The summed E-state index contributed by atoms with van der Waals surface area (Å²) in [5, 5.41) is 13.3. The molecule has 0 amide bonds. The number of nitrogens with zero attached hydrogens (tertiary/aromatic N) is 4. The van der Waals surface area contributed by atoms with Gasteiger partial charge in [0.05, 0.1) is 22.3 Å². The summed E-state index contributed by atoms with van der Waals surface area (Å²) in [7, 11) is 1.87. The second kappa shape index (κ2) is 4.60. The van der Waals surface area contributed by atoms with Crippen molar-refractivity contribution in [3.63, 3.8) is 0 Å². The molecule has 2 aromatic heterocycles. The minimum Gasteiger partial charge on any atom is -0.275 e. The first-order valence-electron chi connectivity index (χ1n) is 5.15. The van der Waals surface area contributed by atoms with Crippen LogP contribution >= 0.6 is 11.8 Å². The molecule has 86 valence electrons. The van der Waals surface area contributed by atoms with Crippen molar-refractivity contribution in [3.05, 3.63) is 35.4 Å². The topological polar surface area (TPSA) is 54.5 Å². The molecule has 0 aliphatic rings. The van der Waals surface area contributed by atoms with Crippen LogP contribution in [0.5, 0.6) is 0 Å². The van der Waals surface area contributed by atoms with E-state index in [1.54, 1.807) is 22.6 Å². The monoisotopic (exact) mass is 244 g/mol. The highest BCUT2D eigenvalue weighted by Crippen LogP contribution is 2.31. The van der Waals surface area contributed by atoms with E-state index in [1.807, 2.05) is 33.2 Å². The highest BCUT2D eigenvalue weighted by Gasteiger charge is 2.10. The van der Waals surface area contributed by atoms with Gasteiger partial charge in [-0.1, -0.05) is 11.8 Å². The lowest BCUT2D eigenvalue weighted by molar-refractivity contribution is 0.766. The third-order valence-electron chi connectivity index (χ3n) is 2.31. The first-order valence-corrected chi connectivity index (χ1v) is 5.96. The van der Waals surface area contributed by atoms with Gasteiger partial charge in [0.25, 0.3) is 0 Å². The summed E-state index contributed by atoms with van der Waals surface area (Å²) in [6.45, 7) is 3.79. The van der Waals surface area contributed by atoms with E-state index >= 15 is 0 Å². The molecule has 2 aromatic rings.